The highest BCUT2D eigenvalue weighted by Gasteiger charge is 2.11. The van der Waals surface area contributed by atoms with Crippen molar-refractivity contribution in [2.45, 2.75) is 20.0 Å². The molecule has 0 saturated carbocycles. The van der Waals surface area contributed by atoms with Crippen molar-refractivity contribution in [3.05, 3.63) is 84.1 Å². The van der Waals surface area contributed by atoms with Crippen molar-refractivity contribution < 1.29 is 9.47 Å². The van der Waals surface area contributed by atoms with Crippen molar-refractivity contribution in [2.24, 2.45) is 0 Å². The maximum absolute atomic E-state index is 6.25. The molecule has 0 unspecified atom stereocenters. The predicted molar refractivity (Wildman–Crippen MR) is 134 cm³/mol. The summed E-state index contributed by atoms with van der Waals surface area (Å²) >= 11 is 0. The van der Waals surface area contributed by atoms with E-state index in [4.69, 9.17) is 14.5 Å². The van der Waals surface area contributed by atoms with Gasteiger partial charge in [0.15, 0.2) is 0 Å². The Kier molecular flexibility index (Phi) is 7.04. The van der Waals surface area contributed by atoms with Crippen molar-refractivity contribution in [3.8, 4) is 34.0 Å². The van der Waals surface area contributed by atoms with Crippen LogP contribution in [0.5, 0.6) is 11.5 Å². The molecule has 0 aliphatic rings. The van der Waals surface area contributed by atoms with Gasteiger partial charge in [0.05, 0.1) is 12.6 Å². The third-order valence-corrected chi connectivity index (χ3v) is 5.57. The van der Waals surface area contributed by atoms with Crippen LogP contribution in [0.25, 0.3) is 33.4 Å². The van der Waals surface area contributed by atoms with Gasteiger partial charge in [-0.15, -0.1) is 22.6 Å². The molecular formula is C26H24ClN5O2. The molecule has 0 amide bonds. The van der Waals surface area contributed by atoms with E-state index < -0.39 is 0 Å². The fourth-order valence-electron chi connectivity index (χ4n) is 3.80. The number of halogens is 1. The molecule has 0 atom stereocenters. The second-order valence-electron chi connectivity index (χ2n) is 7.61. The third-order valence-electron chi connectivity index (χ3n) is 5.57. The number of ether oxygens (including phenoxy) is 2. The van der Waals surface area contributed by atoms with Gasteiger partial charge >= 0.3 is 0 Å². The smallest absolute Gasteiger partial charge is 0.205 e. The highest BCUT2D eigenvalue weighted by molar-refractivity contribution is 5.86. The van der Waals surface area contributed by atoms with E-state index in [1.54, 1.807) is 7.11 Å². The number of tetrazole rings is 1. The zero-order valence-corrected chi connectivity index (χ0v) is 19.7. The molecule has 0 spiro atoms. The summed E-state index contributed by atoms with van der Waals surface area (Å²) < 4.78 is 11.6. The van der Waals surface area contributed by atoms with Crippen LogP contribution < -0.4 is 9.47 Å². The molecule has 3 aromatic carbocycles. The molecule has 8 heteroatoms. The monoisotopic (exact) mass is 473 g/mol. The van der Waals surface area contributed by atoms with E-state index in [9.17, 15) is 0 Å². The van der Waals surface area contributed by atoms with E-state index in [0.717, 1.165) is 56.8 Å². The lowest BCUT2D eigenvalue weighted by Crippen LogP contribution is -1.99. The first-order chi connectivity index (χ1) is 16.2. The van der Waals surface area contributed by atoms with Crippen molar-refractivity contribution in [1.82, 2.24) is 25.6 Å². The number of rotatable bonds is 7. The minimum absolute atomic E-state index is 0. The Hall–Kier alpha value is -3.97. The zero-order valence-electron chi connectivity index (χ0n) is 18.9. The number of methoxy groups -OCH3 is 1. The summed E-state index contributed by atoms with van der Waals surface area (Å²) in [6.07, 6.45) is 0.840. The normalized spacial score (nSPS) is 10.6. The molecule has 2 heterocycles. The van der Waals surface area contributed by atoms with Crippen LogP contribution in [0, 0.1) is 0 Å². The second kappa shape index (κ2) is 10.3. The minimum atomic E-state index is 0. The first-order valence-electron chi connectivity index (χ1n) is 10.8. The van der Waals surface area contributed by atoms with Gasteiger partial charge in [-0.2, -0.15) is 5.21 Å². The fourth-order valence-corrected chi connectivity index (χ4v) is 3.80. The van der Waals surface area contributed by atoms with Crippen LogP contribution in [0.4, 0.5) is 0 Å². The van der Waals surface area contributed by atoms with E-state index >= 15 is 0 Å². The van der Waals surface area contributed by atoms with Crippen molar-refractivity contribution >= 4 is 23.3 Å². The van der Waals surface area contributed by atoms with E-state index in [1.807, 2.05) is 42.5 Å². The number of nitrogens with zero attached hydrogens (tertiary/aromatic N) is 4. The van der Waals surface area contributed by atoms with Crippen LogP contribution >= 0.6 is 12.4 Å². The average Bonchev–Trinajstić information content (AvgIpc) is 3.42. The van der Waals surface area contributed by atoms with Gasteiger partial charge in [0.1, 0.15) is 18.1 Å². The summed E-state index contributed by atoms with van der Waals surface area (Å²) in [5.74, 6) is 2.16. The van der Waals surface area contributed by atoms with Gasteiger partial charge in [-0.1, -0.05) is 55.5 Å². The largest absolute Gasteiger partial charge is 0.497 e. The summed E-state index contributed by atoms with van der Waals surface area (Å²) in [7, 11) is 1.66. The number of hydrogen-bond acceptors (Lipinski definition) is 6. The Morgan fingerprint density at radius 3 is 2.41 bits per heavy atom. The highest BCUT2D eigenvalue weighted by Crippen LogP contribution is 2.32. The number of pyridine rings is 1. The molecule has 0 saturated heterocycles. The van der Waals surface area contributed by atoms with E-state index in [2.05, 4.69) is 57.9 Å². The van der Waals surface area contributed by atoms with Crippen LogP contribution in [0.1, 0.15) is 18.2 Å². The Morgan fingerprint density at radius 1 is 0.912 bits per heavy atom. The van der Waals surface area contributed by atoms with E-state index in [0.29, 0.717) is 12.4 Å². The second-order valence-corrected chi connectivity index (χ2v) is 7.61. The number of aromatic amines is 1. The Labute approximate surface area is 203 Å². The molecule has 7 nitrogen and oxygen atoms in total. The molecule has 1 N–H and O–H groups in total. The first-order valence-corrected chi connectivity index (χ1v) is 10.8. The lowest BCUT2D eigenvalue weighted by atomic mass is 9.98. The Morgan fingerprint density at radius 2 is 1.71 bits per heavy atom. The van der Waals surface area contributed by atoms with Gasteiger partial charge in [0, 0.05) is 22.7 Å². The van der Waals surface area contributed by atoms with Gasteiger partial charge in [-0.3, -0.25) is 4.98 Å². The van der Waals surface area contributed by atoms with Gasteiger partial charge in [-0.25, -0.2) is 0 Å². The third kappa shape index (κ3) is 4.70. The highest BCUT2D eigenvalue weighted by atomic mass is 35.5. The maximum Gasteiger partial charge on any atom is 0.205 e. The molecule has 5 rings (SSSR count). The fraction of sp³-hybridized carbons (Fsp3) is 0.154. The van der Waals surface area contributed by atoms with Crippen molar-refractivity contribution in [1.29, 1.82) is 0 Å². The number of H-pyrrole nitrogens is 1. The first kappa shape index (κ1) is 23.2. The van der Waals surface area contributed by atoms with Crippen LogP contribution in [0.3, 0.4) is 0 Å². The van der Waals surface area contributed by atoms with E-state index in [-0.39, 0.29) is 12.4 Å². The molecule has 2 aromatic heterocycles. The molecule has 172 valence electrons. The maximum atomic E-state index is 6.25. The summed E-state index contributed by atoms with van der Waals surface area (Å²) in [4.78, 5) is 4.71. The Bertz CT molecular complexity index is 1390. The summed E-state index contributed by atoms with van der Waals surface area (Å²) in [5, 5.41) is 15.4. The number of nitrogens with one attached hydrogen (secondary N) is 1. The molecule has 0 aliphatic heterocycles. The lowest BCUT2D eigenvalue weighted by molar-refractivity contribution is 0.309. The van der Waals surface area contributed by atoms with Crippen LogP contribution in [-0.4, -0.2) is 32.7 Å². The predicted octanol–water partition coefficient (Wildman–Crippen LogP) is 5.65. The number of aryl methyl sites for hydroxylation is 1. The number of fused-ring (bicyclic) bond motifs is 1. The van der Waals surface area contributed by atoms with Gasteiger partial charge in [0.2, 0.25) is 5.82 Å². The quantitative estimate of drug-likeness (QED) is 0.328. The van der Waals surface area contributed by atoms with Crippen LogP contribution in [-0.2, 0) is 13.0 Å². The SMILES string of the molecule is CCc1cc(OCc2ccc(-c3ccccc3-c3nn[nH]n3)cc2)c2cc(OC)ccc2n1.Cl. The van der Waals surface area contributed by atoms with Gasteiger partial charge in [-0.05, 0) is 46.5 Å². The minimum Gasteiger partial charge on any atom is -0.497 e. The summed E-state index contributed by atoms with van der Waals surface area (Å²) in [5.41, 5.74) is 6.02. The van der Waals surface area contributed by atoms with Crippen molar-refractivity contribution in [2.75, 3.05) is 7.11 Å². The zero-order chi connectivity index (χ0) is 22.6. The van der Waals surface area contributed by atoms with Gasteiger partial charge in [0.25, 0.3) is 0 Å². The Balaban J connectivity index is 0.00000274. The molecule has 34 heavy (non-hydrogen) atoms. The molecule has 0 bridgehead atoms. The number of benzene rings is 3. The van der Waals surface area contributed by atoms with E-state index in [1.165, 1.54) is 0 Å². The average molecular weight is 474 g/mol. The molecule has 0 fully saturated rings. The van der Waals surface area contributed by atoms with Crippen LogP contribution in [0.15, 0.2) is 72.8 Å². The standard InChI is InChI=1S/C26H23N5O2.ClH/c1-3-19-14-25(23-15-20(32-2)12-13-24(23)27-19)33-16-17-8-10-18(11-9-17)21-6-4-5-7-22(21)26-28-30-31-29-26;/h4-15H,3,16H2,1-2H3,(H,28,29,30,31);1H. The summed E-state index contributed by atoms with van der Waals surface area (Å²) in [6, 6.07) is 24.2. The van der Waals surface area contributed by atoms with Crippen LogP contribution in [0.2, 0.25) is 0 Å². The molecule has 0 aliphatic carbocycles. The van der Waals surface area contributed by atoms with Crippen molar-refractivity contribution in [3.63, 3.8) is 0 Å². The molecule has 5 aromatic rings. The topological polar surface area (TPSA) is 85.8 Å². The molecular weight excluding hydrogens is 450 g/mol. The molecule has 0 radical (unpaired) electrons. The lowest BCUT2D eigenvalue weighted by Gasteiger charge is -2.13. The summed E-state index contributed by atoms with van der Waals surface area (Å²) in [6.45, 7) is 2.54. The number of aromatic nitrogens is 5. The number of hydrogen-bond donors (Lipinski definition) is 1. The van der Waals surface area contributed by atoms with Gasteiger partial charge < -0.3 is 9.47 Å².